The van der Waals surface area contributed by atoms with Gasteiger partial charge in [-0.3, -0.25) is 0 Å². The van der Waals surface area contributed by atoms with Crippen LogP contribution in [0, 0.1) is 0 Å². The molecule has 26 heavy (non-hydrogen) atoms. The molecule has 1 aliphatic rings. The number of hydrogen-bond acceptors (Lipinski definition) is 5. The highest BCUT2D eigenvalue weighted by Gasteiger charge is 2.45. The predicted molar refractivity (Wildman–Crippen MR) is 96.0 cm³/mol. The summed E-state index contributed by atoms with van der Waals surface area (Å²) < 4.78 is 16.5. The van der Waals surface area contributed by atoms with Gasteiger partial charge >= 0.3 is 11.9 Å². The van der Waals surface area contributed by atoms with Crippen LogP contribution in [0.5, 0.6) is 0 Å². The Morgan fingerprint density at radius 1 is 1.04 bits per heavy atom. The zero-order valence-corrected chi connectivity index (χ0v) is 14.5. The molecule has 0 aromatic heterocycles. The lowest BCUT2D eigenvalue weighted by Crippen LogP contribution is -2.40. The zero-order chi connectivity index (χ0) is 18.6. The fourth-order valence-electron chi connectivity index (χ4n) is 2.84. The predicted octanol–water partition coefficient (Wildman–Crippen LogP) is 2.74. The third kappa shape index (κ3) is 4.14. The molecule has 2 radical (unpaired) electrons. The van der Waals surface area contributed by atoms with E-state index in [1.165, 1.54) is 0 Å². The van der Waals surface area contributed by atoms with Crippen molar-refractivity contribution in [1.29, 1.82) is 0 Å². The van der Waals surface area contributed by atoms with Crippen molar-refractivity contribution in [2.75, 3.05) is 6.61 Å². The first-order valence-electron chi connectivity index (χ1n) is 8.39. The van der Waals surface area contributed by atoms with Crippen LogP contribution in [0.1, 0.15) is 34.1 Å². The van der Waals surface area contributed by atoms with Gasteiger partial charge in [0.2, 0.25) is 0 Å². The lowest BCUT2D eigenvalue weighted by Gasteiger charge is -2.28. The summed E-state index contributed by atoms with van der Waals surface area (Å²) in [7, 11) is 6.01. The van der Waals surface area contributed by atoms with Crippen LogP contribution < -0.4 is 0 Å². The van der Waals surface area contributed by atoms with E-state index in [0.29, 0.717) is 17.5 Å². The summed E-state index contributed by atoms with van der Waals surface area (Å²) >= 11 is 0. The minimum absolute atomic E-state index is 0.0416. The number of rotatable bonds is 5. The summed E-state index contributed by atoms with van der Waals surface area (Å²) in [4.78, 5) is 24.3. The van der Waals surface area contributed by atoms with Crippen LogP contribution in [0.25, 0.3) is 0 Å². The van der Waals surface area contributed by atoms with Gasteiger partial charge in [0, 0.05) is 6.42 Å². The molecule has 3 rings (SSSR count). The van der Waals surface area contributed by atoms with Crippen molar-refractivity contribution in [1.82, 2.24) is 0 Å². The van der Waals surface area contributed by atoms with E-state index in [0.717, 1.165) is 0 Å². The molecule has 2 aromatic carbocycles. The van der Waals surface area contributed by atoms with Crippen LogP contribution in [-0.4, -0.2) is 44.1 Å². The van der Waals surface area contributed by atoms with E-state index in [1.54, 1.807) is 55.5 Å². The van der Waals surface area contributed by atoms with Gasteiger partial charge in [-0.2, -0.15) is 0 Å². The van der Waals surface area contributed by atoms with Gasteiger partial charge in [0.1, 0.15) is 20.1 Å². The van der Waals surface area contributed by atoms with Gasteiger partial charge in [-0.1, -0.05) is 36.4 Å². The van der Waals surface area contributed by atoms with Crippen molar-refractivity contribution >= 4 is 19.8 Å². The number of carbonyl (C=O) groups is 2. The molecule has 3 unspecified atom stereocenters. The average Bonchev–Trinajstić information content (AvgIpc) is 2.94. The molecule has 0 N–H and O–H groups in total. The fourth-order valence-corrected chi connectivity index (χ4v) is 2.84. The Morgan fingerprint density at radius 3 is 2.15 bits per heavy atom. The molecule has 132 valence electrons. The number of esters is 2. The summed E-state index contributed by atoms with van der Waals surface area (Å²) in [5, 5.41) is 0. The van der Waals surface area contributed by atoms with Crippen molar-refractivity contribution in [2.24, 2.45) is 0 Å². The summed E-state index contributed by atoms with van der Waals surface area (Å²) in [6, 6.07) is 16.6. The number of benzene rings is 2. The Bertz CT molecular complexity index is 764. The molecule has 0 amide bonds. The third-order valence-corrected chi connectivity index (χ3v) is 4.32. The second kappa shape index (κ2) is 7.75. The van der Waals surface area contributed by atoms with E-state index < -0.39 is 29.6 Å². The molecule has 3 atom stereocenters. The third-order valence-electron chi connectivity index (χ3n) is 4.32. The Morgan fingerprint density at radius 2 is 1.58 bits per heavy atom. The Kier molecular flexibility index (Phi) is 5.42. The second-order valence-corrected chi connectivity index (χ2v) is 6.42. The van der Waals surface area contributed by atoms with Gasteiger partial charge in [0.15, 0.2) is 0 Å². The molecular formula is C20H19BO5. The van der Waals surface area contributed by atoms with Crippen LogP contribution >= 0.6 is 0 Å². The van der Waals surface area contributed by atoms with E-state index in [4.69, 9.17) is 22.1 Å². The van der Waals surface area contributed by atoms with Crippen LogP contribution in [-0.2, 0) is 14.2 Å². The number of hydrogen-bond donors (Lipinski definition) is 0. The highest BCUT2D eigenvalue weighted by Crippen LogP contribution is 2.33. The minimum Gasteiger partial charge on any atom is -0.459 e. The van der Waals surface area contributed by atoms with Gasteiger partial charge in [0.25, 0.3) is 0 Å². The van der Waals surface area contributed by atoms with Gasteiger partial charge in [0.05, 0.1) is 23.2 Å². The van der Waals surface area contributed by atoms with Crippen LogP contribution in [0.15, 0.2) is 60.7 Å². The van der Waals surface area contributed by atoms with E-state index in [1.807, 2.05) is 12.1 Å². The van der Waals surface area contributed by atoms with Crippen molar-refractivity contribution in [3.05, 3.63) is 71.8 Å². The van der Waals surface area contributed by atoms with Crippen molar-refractivity contribution in [2.45, 2.75) is 31.1 Å². The topological polar surface area (TPSA) is 61.8 Å². The maximum absolute atomic E-state index is 12.3. The van der Waals surface area contributed by atoms with E-state index in [9.17, 15) is 9.59 Å². The molecule has 2 aromatic rings. The van der Waals surface area contributed by atoms with E-state index in [2.05, 4.69) is 0 Å². The molecule has 1 aliphatic heterocycles. The highest BCUT2D eigenvalue weighted by molar-refractivity contribution is 6.12. The van der Waals surface area contributed by atoms with Crippen LogP contribution in [0.3, 0.4) is 0 Å². The van der Waals surface area contributed by atoms with Gasteiger partial charge < -0.3 is 14.2 Å². The quantitative estimate of drug-likeness (QED) is 0.613. The summed E-state index contributed by atoms with van der Waals surface area (Å²) in [6.07, 6.45) is -0.0966. The van der Waals surface area contributed by atoms with Crippen LogP contribution in [0.2, 0.25) is 0 Å². The van der Waals surface area contributed by atoms with E-state index in [-0.39, 0.29) is 6.61 Å². The van der Waals surface area contributed by atoms with Crippen molar-refractivity contribution in [3.63, 3.8) is 0 Å². The molecule has 0 spiro atoms. The highest BCUT2D eigenvalue weighted by atomic mass is 16.6. The Labute approximate surface area is 153 Å². The van der Waals surface area contributed by atoms with Gasteiger partial charge in [-0.15, -0.1) is 0 Å². The average molecular weight is 350 g/mol. The van der Waals surface area contributed by atoms with Gasteiger partial charge in [-0.25, -0.2) is 9.59 Å². The lowest BCUT2D eigenvalue weighted by atomic mass is 9.83. The second-order valence-electron chi connectivity index (χ2n) is 6.42. The summed E-state index contributed by atoms with van der Waals surface area (Å²) in [5.74, 6) is -0.897. The molecule has 1 heterocycles. The zero-order valence-electron chi connectivity index (χ0n) is 14.5. The smallest absolute Gasteiger partial charge is 0.338 e. The SMILES string of the molecule is [B]C1OC(COC(=O)c2ccccc2)CC1(C)OC(=O)c1ccccc1. The molecule has 0 aliphatic carbocycles. The van der Waals surface area contributed by atoms with Crippen LogP contribution in [0.4, 0.5) is 0 Å². The monoisotopic (exact) mass is 350 g/mol. The normalized spacial score (nSPS) is 24.8. The molecular weight excluding hydrogens is 331 g/mol. The van der Waals surface area contributed by atoms with E-state index >= 15 is 0 Å². The largest absolute Gasteiger partial charge is 0.459 e. The first-order valence-corrected chi connectivity index (χ1v) is 8.39. The summed E-state index contributed by atoms with van der Waals surface area (Å²) in [5.41, 5.74) is -0.0792. The molecule has 0 saturated carbocycles. The standard InChI is InChI=1S/C20H19BO5/c1-20(26-18(23)15-10-6-3-7-11-15)12-16(25-19(20)21)13-24-17(22)14-8-4-2-5-9-14/h2-11,16,19H,12-13H2,1H3. The summed E-state index contributed by atoms with van der Waals surface area (Å²) in [6.45, 7) is 1.76. The Balaban J connectivity index is 1.56. The van der Waals surface area contributed by atoms with Crippen molar-refractivity contribution in [3.8, 4) is 0 Å². The number of carbonyl (C=O) groups excluding carboxylic acids is 2. The molecule has 5 nitrogen and oxygen atoms in total. The number of ether oxygens (including phenoxy) is 3. The Hall–Kier alpha value is -2.60. The molecule has 6 heteroatoms. The van der Waals surface area contributed by atoms with Crippen molar-refractivity contribution < 1.29 is 23.8 Å². The maximum atomic E-state index is 12.3. The molecule has 0 bridgehead atoms. The van der Waals surface area contributed by atoms with Gasteiger partial charge in [-0.05, 0) is 31.2 Å². The lowest BCUT2D eigenvalue weighted by molar-refractivity contribution is -0.0309. The molecule has 1 saturated heterocycles. The first-order chi connectivity index (χ1) is 12.5. The molecule has 1 fully saturated rings. The minimum atomic E-state index is -0.989. The maximum Gasteiger partial charge on any atom is 0.338 e. The fraction of sp³-hybridized carbons (Fsp3) is 0.300. The first kappa shape index (κ1) is 18.2.